The van der Waals surface area contributed by atoms with Crippen molar-refractivity contribution in [3.8, 4) is 17.1 Å². The first kappa shape index (κ1) is 22.9. The smallest absolute Gasteiger partial charge is 0.229 e. The van der Waals surface area contributed by atoms with Crippen molar-refractivity contribution in [3.05, 3.63) is 65.6 Å². The van der Waals surface area contributed by atoms with E-state index < -0.39 is 0 Å². The number of pyridine rings is 2. The zero-order valence-corrected chi connectivity index (χ0v) is 19.9. The monoisotopic (exact) mass is 489 g/mol. The van der Waals surface area contributed by atoms with E-state index in [1.54, 1.807) is 43.9 Å². The molecule has 0 atom stereocenters. The second-order valence-corrected chi connectivity index (χ2v) is 8.56. The Morgan fingerprint density at radius 2 is 2.03 bits per heavy atom. The molecule has 5 rings (SSSR count). The molecular weight excluding hydrogens is 466 g/mol. The molecule has 1 amide bonds. The number of piperazine rings is 1. The molecule has 1 aromatic carbocycles. The maximum Gasteiger partial charge on any atom is 0.229 e. The van der Waals surface area contributed by atoms with Crippen LogP contribution in [-0.4, -0.2) is 59.1 Å². The standard InChI is InChI=1S/C25H24ClN7O2/c1-35-20-15-28-14-19-23(20)25(33-9-7-27-8-10-33)32-24(30-19)17-5-6-29-21(13-17)31-22(34)12-16-3-2-4-18(26)11-16/h2-6,11,13-15,27H,7-10,12H2,1H3,(H,29,31,34). The zero-order chi connectivity index (χ0) is 24.2. The Kier molecular flexibility index (Phi) is 6.69. The fourth-order valence-electron chi connectivity index (χ4n) is 4.08. The fraction of sp³-hybridized carbons (Fsp3) is 0.240. The highest BCUT2D eigenvalue weighted by Gasteiger charge is 2.21. The van der Waals surface area contributed by atoms with Crippen molar-refractivity contribution >= 4 is 40.0 Å². The van der Waals surface area contributed by atoms with Crippen LogP contribution < -0.4 is 20.3 Å². The molecule has 35 heavy (non-hydrogen) atoms. The van der Waals surface area contributed by atoms with Crippen LogP contribution in [0.25, 0.3) is 22.3 Å². The van der Waals surface area contributed by atoms with E-state index in [2.05, 4.69) is 25.5 Å². The van der Waals surface area contributed by atoms with Gasteiger partial charge in [-0.3, -0.25) is 9.78 Å². The molecule has 0 spiro atoms. The number of ether oxygens (including phenoxy) is 1. The van der Waals surface area contributed by atoms with E-state index >= 15 is 0 Å². The van der Waals surface area contributed by atoms with Gasteiger partial charge in [-0.15, -0.1) is 0 Å². The molecule has 4 heterocycles. The number of hydrogen-bond acceptors (Lipinski definition) is 8. The van der Waals surface area contributed by atoms with Crippen molar-refractivity contribution in [2.45, 2.75) is 6.42 Å². The number of halogens is 1. The third kappa shape index (κ3) is 5.16. The topological polar surface area (TPSA) is 105 Å². The summed E-state index contributed by atoms with van der Waals surface area (Å²) in [6, 6.07) is 10.8. The maximum atomic E-state index is 12.6. The summed E-state index contributed by atoms with van der Waals surface area (Å²) >= 11 is 6.03. The minimum atomic E-state index is -0.188. The molecule has 1 aliphatic rings. The Balaban J connectivity index is 1.47. The van der Waals surface area contributed by atoms with Gasteiger partial charge in [-0.1, -0.05) is 23.7 Å². The molecule has 178 valence electrons. The first-order chi connectivity index (χ1) is 17.1. The number of aromatic nitrogens is 4. The number of carbonyl (C=O) groups excluding carboxylic acids is 1. The summed E-state index contributed by atoms with van der Waals surface area (Å²) in [5.74, 6) is 2.19. The Morgan fingerprint density at radius 1 is 1.17 bits per heavy atom. The van der Waals surface area contributed by atoms with Crippen molar-refractivity contribution in [1.29, 1.82) is 0 Å². The summed E-state index contributed by atoms with van der Waals surface area (Å²) in [5.41, 5.74) is 2.25. The number of nitrogens with zero attached hydrogens (tertiary/aromatic N) is 5. The maximum absolute atomic E-state index is 12.6. The molecule has 4 aromatic rings. The van der Waals surface area contributed by atoms with Gasteiger partial charge in [-0.25, -0.2) is 15.0 Å². The predicted molar refractivity (Wildman–Crippen MR) is 136 cm³/mol. The summed E-state index contributed by atoms with van der Waals surface area (Å²) in [5, 5.41) is 7.65. The van der Waals surface area contributed by atoms with Gasteiger partial charge in [-0.2, -0.15) is 0 Å². The minimum absolute atomic E-state index is 0.188. The zero-order valence-electron chi connectivity index (χ0n) is 19.2. The van der Waals surface area contributed by atoms with Gasteiger partial charge < -0.3 is 20.3 Å². The van der Waals surface area contributed by atoms with Crippen molar-refractivity contribution in [1.82, 2.24) is 25.3 Å². The number of fused-ring (bicyclic) bond motifs is 1. The Labute approximate surface area is 207 Å². The quantitative estimate of drug-likeness (QED) is 0.425. The highest BCUT2D eigenvalue weighted by molar-refractivity contribution is 6.30. The SMILES string of the molecule is COc1cncc2nc(-c3ccnc(NC(=O)Cc4cccc(Cl)c4)c3)nc(N3CCNCC3)c12. The number of nitrogens with one attached hydrogen (secondary N) is 2. The lowest BCUT2D eigenvalue weighted by Crippen LogP contribution is -2.44. The van der Waals surface area contributed by atoms with Crippen LogP contribution >= 0.6 is 11.6 Å². The number of hydrogen-bond donors (Lipinski definition) is 2. The van der Waals surface area contributed by atoms with Crippen molar-refractivity contribution in [2.75, 3.05) is 43.5 Å². The van der Waals surface area contributed by atoms with Crippen LogP contribution in [0.5, 0.6) is 5.75 Å². The Hall–Kier alpha value is -3.82. The van der Waals surface area contributed by atoms with Crippen LogP contribution in [-0.2, 0) is 11.2 Å². The van der Waals surface area contributed by atoms with Crippen molar-refractivity contribution in [2.24, 2.45) is 0 Å². The average molecular weight is 490 g/mol. The van der Waals surface area contributed by atoms with Crippen molar-refractivity contribution in [3.63, 3.8) is 0 Å². The van der Waals surface area contributed by atoms with Gasteiger partial charge in [0, 0.05) is 43.0 Å². The number of anilines is 2. The van der Waals surface area contributed by atoms with Crippen LogP contribution in [0.1, 0.15) is 5.56 Å². The third-order valence-corrected chi connectivity index (χ3v) is 5.96. The number of benzene rings is 1. The van der Waals surface area contributed by atoms with Gasteiger partial charge >= 0.3 is 0 Å². The van der Waals surface area contributed by atoms with E-state index in [0.29, 0.717) is 27.9 Å². The van der Waals surface area contributed by atoms with E-state index in [1.807, 2.05) is 18.2 Å². The van der Waals surface area contributed by atoms with Crippen LogP contribution in [0.2, 0.25) is 5.02 Å². The summed E-state index contributed by atoms with van der Waals surface area (Å²) in [4.78, 5) is 33.1. The Morgan fingerprint density at radius 3 is 2.83 bits per heavy atom. The molecule has 0 saturated carbocycles. The second-order valence-electron chi connectivity index (χ2n) is 8.13. The summed E-state index contributed by atoms with van der Waals surface area (Å²) < 4.78 is 5.57. The molecular formula is C25H24ClN7O2. The lowest BCUT2D eigenvalue weighted by molar-refractivity contribution is -0.115. The van der Waals surface area contributed by atoms with Crippen LogP contribution in [0.3, 0.4) is 0 Å². The minimum Gasteiger partial charge on any atom is -0.494 e. The molecule has 1 saturated heterocycles. The van der Waals surface area contributed by atoms with E-state index in [0.717, 1.165) is 48.5 Å². The average Bonchev–Trinajstić information content (AvgIpc) is 2.88. The van der Waals surface area contributed by atoms with Crippen LogP contribution in [0.15, 0.2) is 55.0 Å². The van der Waals surface area contributed by atoms with Gasteiger partial charge in [0.05, 0.1) is 36.8 Å². The molecule has 9 nitrogen and oxygen atoms in total. The summed E-state index contributed by atoms with van der Waals surface area (Å²) in [7, 11) is 1.62. The van der Waals surface area contributed by atoms with E-state index in [4.69, 9.17) is 26.3 Å². The normalized spacial score (nSPS) is 13.6. The summed E-state index contributed by atoms with van der Waals surface area (Å²) in [6.45, 7) is 3.37. The van der Waals surface area contributed by atoms with Gasteiger partial charge in [-0.05, 0) is 29.8 Å². The van der Waals surface area contributed by atoms with E-state index in [-0.39, 0.29) is 12.3 Å². The lowest BCUT2D eigenvalue weighted by Gasteiger charge is -2.29. The van der Waals surface area contributed by atoms with Gasteiger partial charge in [0.15, 0.2) is 5.82 Å². The highest BCUT2D eigenvalue weighted by Crippen LogP contribution is 2.34. The van der Waals surface area contributed by atoms with Crippen LogP contribution in [0, 0.1) is 0 Å². The molecule has 1 fully saturated rings. The van der Waals surface area contributed by atoms with Gasteiger partial charge in [0.25, 0.3) is 0 Å². The number of carbonyl (C=O) groups is 1. The highest BCUT2D eigenvalue weighted by atomic mass is 35.5. The van der Waals surface area contributed by atoms with Crippen molar-refractivity contribution < 1.29 is 9.53 Å². The van der Waals surface area contributed by atoms with E-state index in [9.17, 15) is 4.79 Å². The summed E-state index contributed by atoms with van der Waals surface area (Å²) in [6.07, 6.45) is 5.21. The number of rotatable bonds is 6. The second kappa shape index (κ2) is 10.2. The van der Waals surface area contributed by atoms with Gasteiger partial charge in [0.1, 0.15) is 17.4 Å². The molecule has 0 unspecified atom stereocenters. The molecule has 3 aromatic heterocycles. The molecule has 10 heteroatoms. The molecule has 2 N–H and O–H groups in total. The molecule has 1 aliphatic heterocycles. The first-order valence-corrected chi connectivity index (χ1v) is 11.6. The molecule has 0 bridgehead atoms. The van der Waals surface area contributed by atoms with E-state index in [1.165, 1.54) is 0 Å². The Bertz CT molecular complexity index is 1380. The fourth-order valence-corrected chi connectivity index (χ4v) is 4.30. The lowest BCUT2D eigenvalue weighted by atomic mass is 10.1. The molecule has 0 radical (unpaired) electrons. The largest absolute Gasteiger partial charge is 0.494 e. The predicted octanol–water partition coefficient (Wildman–Crippen LogP) is 3.34. The number of amides is 1. The third-order valence-electron chi connectivity index (χ3n) is 5.73. The molecule has 0 aliphatic carbocycles. The van der Waals surface area contributed by atoms with Crippen LogP contribution in [0.4, 0.5) is 11.6 Å². The van der Waals surface area contributed by atoms with Gasteiger partial charge in [0.2, 0.25) is 5.91 Å². The first-order valence-electron chi connectivity index (χ1n) is 11.3. The number of methoxy groups -OCH3 is 1.